The average Bonchev–Trinajstić information content (AvgIpc) is 3.55. The summed E-state index contributed by atoms with van der Waals surface area (Å²) in [5.41, 5.74) is 12.7. The molecule has 0 unspecified atom stereocenters. The molecule has 0 fully saturated rings. The quantitative estimate of drug-likeness (QED) is 0.198. The smallest absolute Gasteiger partial charge is 0.0619 e. The number of hydrogen-bond donors (Lipinski definition) is 1. The molecule has 48 heavy (non-hydrogen) atoms. The summed E-state index contributed by atoms with van der Waals surface area (Å²) in [5.74, 6) is 0. The van der Waals surface area contributed by atoms with Gasteiger partial charge in [0.25, 0.3) is 0 Å². The maximum absolute atomic E-state index is 3.80. The number of aromatic amines is 1. The van der Waals surface area contributed by atoms with E-state index in [-0.39, 0.29) is 0 Å². The summed E-state index contributed by atoms with van der Waals surface area (Å²) in [4.78, 5) is 6.27. The average molecular weight is 613 g/mol. The van der Waals surface area contributed by atoms with Gasteiger partial charge in [-0.15, -0.1) is 0 Å². The van der Waals surface area contributed by atoms with Gasteiger partial charge in [-0.2, -0.15) is 0 Å². The molecular weight excluding hydrogens is 581 g/mol. The molecule has 1 heterocycles. The van der Waals surface area contributed by atoms with Crippen molar-refractivity contribution in [3.05, 3.63) is 188 Å². The first-order chi connectivity index (χ1) is 23.8. The topological polar surface area (TPSA) is 19.0 Å². The summed E-state index contributed by atoms with van der Waals surface area (Å²) in [6, 6.07) is 67.7. The molecule has 9 aromatic rings. The van der Waals surface area contributed by atoms with Gasteiger partial charge in [0.1, 0.15) is 0 Å². The molecule has 0 amide bonds. The SMILES string of the molecule is c1ccc(-c2ccccc2-c2cccc(-c3cccc4c3[nH]c3ccccc34)c2N(c2ccccc2)c2cccc3ccccc23)cc1. The molecule has 2 nitrogen and oxygen atoms in total. The van der Waals surface area contributed by atoms with Crippen LogP contribution in [0.2, 0.25) is 0 Å². The van der Waals surface area contributed by atoms with E-state index >= 15 is 0 Å². The van der Waals surface area contributed by atoms with Gasteiger partial charge < -0.3 is 9.88 Å². The molecule has 2 heteroatoms. The second-order valence-corrected chi connectivity index (χ2v) is 12.2. The summed E-state index contributed by atoms with van der Waals surface area (Å²) in [5, 5.41) is 4.86. The molecule has 0 atom stereocenters. The first kappa shape index (κ1) is 27.9. The van der Waals surface area contributed by atoms with Crippen molar-refractivity contribution in [2.24, 2.45) is 0 Å². The van der Waals surface area contributed by atoms with Crippen LogP contribution in [0.3, 0.4) is 0 Å². The van der Waals surface area contributed by atoms with E-state index in [4.69, 9.17) is 0 Å². The van der Waals surface area contributed by atoms with Crippen LogP contribution in [-0.4, -0.2) is 4.98 Å². The third kappa shape index (κ3) is 4.66. The number of rotatable bonds is 6. The van der Waals surface area contributed by atoms with E-state index in [1.54, 1.807) is 0 Å². The van der Waals surface area contributed by atoms with E-state index in [1.807, 2.05) is 0 Å². The molecule has 226 valence electrons. The molecule has 0 saturated carbocycles. The fourth-order valence-corrected chi connectivity index (χ4v) is 7.27. The lowest BCUT2D eigenvalue weighted by Crippen LogP contribution is -2.13. The van der Waals surface area contributed by atoms with E-state index in [2.05, 4.69) is 198 Å². The molecule has 8 aromatic carbocycles. The van der Waals surface area contributed by atoms with Gasteiger partial charge in [0.15, 0.2) is 0 Å². The predicted molar refractivity (Wildman–Crippen MR) is 204 cm³/mol. The number of nitrogens with zero attached hydrogens (tertiary/aromatic N) is 1. The zero-order chi connectivity index (χ0) is 31.9. The standard InChI is InChI=1S/C46H32N2/c1-3-16-32(17-4-1)35-22-9-10-24-37(35)41-28-15-29-42(40-27-14-26-39-38-25-11-12-30-43(38)47-45(39)40)46(41)48(34-20-5-2-6-21-34)44-31-13-19-33-18-7-8-23-36(33)44/h1-31,47H. The van der Waals surface area contributed by atoms with E-state index in [1.165, 1.54) is 43.8 Å². The minimum atomic E-state index is 1.10. The van der Waals surface area contributed by atoms with Crippen LogP contribution in [0.25, 0.3) is 66.0 Å². The lowest BCUT2D eigenvalue weighted by molar-refractivity contribution is 1.30. The molecular formula is C46H32N2. The van der Waals surface area contributed by atoms with Crippen LogP contribution in [0, 0.1) is 0 Å². The van der Waals surface area contributed by atoms with Crippen molar-refractivity contribution < 1.29 is 0 Å². The van der Waals surface area contributed by atoms with Crippen molar-refractivity contribution in [2.75, 3.05) is 4.90 Å². The van der Waals surface area contributed by atoms with Crippen LogP contribution in [-0.2, 0) is 0 Å². The summed E-state index contributed by atoms with van der Waals surface area (Å²) in [7, 11) is 0. The molecule has 9 rings (SSSR count). The van der Waals surface area contributed by atoms with E-state index in [0.29, 0.717) is 0 Å². The Morgan fingerprint density at radius 2 is 0.896 bits per heavy atom. The second kappa shape index (κ2) is 11.8. The molecule has 0 aliphatic rings. The highest BCUT2D eigenvalue weighted by atomic mass is 15.1. The molecule has 1 N–H and O–H groups in total. The highest BCUT2D eigenvalue weighted by Gasteiger charge is 2.25. The monoisotopic (exact) mass is 612 g/mol. The third-order valence-electron chi connectivity index (χ3n) is 9.42. The highest BCUT2D eigenvalue weighted by molar-refractivity contribution is 6.14. The van der Waals surface area contributed by atoms with Gasteiger partial charge in [-0.3, -0.25) is 0 Å². The Hall–Kier alpha value is -6.38. The van der Waals surface area contributed by atoms with Crippen LogP contribution in [0.1, 0.15) is 0 Å². The third-order valence-corrected chi connectivity index (χ3v) is 9.42. The maximum Gasteiger partial charge on any atom is 0.0619 e. The lowest BCUT2D eigenvalue weighted by atomic mass is 9.89. The molecule has 0 saturated heterocycles. The van der Waals surface area contributed by atoms with Crippen molar-refractivity contribution in [1.82, 2.24) is 4.98 Å². The number of hydrogen-bond acceptors (Lipinski definition) is 1. The van der Waals surface area contributed by atoms with E-state index in [0.717, 1.165) is 39.2 Å². The zero-order valence-corrected chi connectivity index (χ0v) is 26.3. The van der Waals surface area contributed by atoms with Crippen LogP contribution >= 0.6 is 0 Å². The molecule has 0 spiro atoms. The van der Waals surface area contributed by atoms with Gasteiger partial charge in [-0.05, 0) is 46.3 Å². The molecule has 0 aliphatic heterocycles. The van der Waals surface area contributed by atoms with Crippen LogP contribution in [0.5, 0.6) is 0 Å². The molecule has 0 bridgehead atoms. The predicted octanol–water partition coefficient (Wildman–Crippen LogP) is 12.9. The summed E-state index contributed by atoms with van der Waals surface area (Å²) >= 11 is 0. The largest absolute Gasteiger partial charge is 0.354 e. The minimum absolute atomic E-state index is 1.10. The van der Waals surface area contributed by atoms with E-state index < -0.39 is 0 Å². The number of nitrogens with one attached hydrogen (secondary N) is 1. The number of H-pyrrole nitrogens is 1. The van der Waals surface area contributed by atoms with Gasteiger partial charge in [0, 0.05) is 44.1 Å². The van der Waals surface area contributed by atoms with E-state index in [9.17, 15) is 0 Å². The number of anilines is 3. The molecule has 0 aliphatic carbocycles. The summed E-state index contributed by atoms with van der Waals surface area (Å²) in [6.45, 7) is 0. The Labute approximate surface area is 280 Å². The first-order valence-corrected chi connectivity index (χ1v) is 16.5. The second-order valence-electron chi connectivity index (χ2n) is 12.2. The number of para-hydroxylation sites is 4. The van der Waals surface area contributed by atoms with Crippen molar-refractivity contribution >= 4 is 49.6 Å². The number of benzene rings is 8. The Balaban J connectivity index is 1.43. The zero-order valence-electron chi connectivity index (χ0n) is 26.3. The number of fused-ring (bicyclic) bond motifs is 4. The van der Waals surface area contributed by atoms with Crippen LogP contribution in [0.15, 0.2) is 188 Å². The lowest BCUT2D eigenvalue weighted by Gasteiger charge is -2.31. The van der Waals surface area contributed by atoms with Crippen LogP contribution < -0.4 is 4.90 Å². The Bertz CT molecular complexity index is 2560. The van der Waals surface area contributed by atoms with Crippen molar-refractivity contribution in [3.63, 3.8) is 0 Å². The minimum Gasteiger partial charge on any atom is -0.354 e. The van der Waals surface area contributed by atoms with Crippen molar-refractivity contribution in [1.29, 1.82) is 0 Å². The fraction of sp³-hybridized carbons (Fsp3) is 0. The Kier molecular flexibility index (Phi) is 6.84. The first-order valence-electron chi connectivity index (χ1n) is 16.5. The van der Waals surface area contributed by atoms with Gasteiger partial charge >= 0.3 is 0 Å². The van der Waals surface area contributed by atoms with Gasteiger partial charge in [0.05, 0.1) is 16.9 Å². The molecule has 0 radical (unpaired) electrons. The fourth-order valence-electron chi connectivity index (χ4n) is 7.27. The van der Waals surface area contributed by atoms with Crippen molar-refractivity contribution in [2.45, 2.75) is 0 Å². The molecule has 1 aromatic heterocycles. The number of aromatic nitrogens is 1. The van der Waals surface area contributed by atoms with Crippen LogP contribution in [0.4, 0.5) is 17.1 Å². The van der Waals surface area contributed by atoms with Gasteiger partial charge in [0.2, 0.25) is 0 Å². The Morgan fingerprint density at radius 3 is 1.73 bits per heavy atom. The normalized spacial score (nSPS) is 11.3. The van der Waals surface area contributed by atoms with Crippen molar-refractivity contribution in [3.8, 4) is 33.4 Å². The highest BCUT2D eigenvalue weighted by Crippen LogP contribution is 2.50. The summed E-state index contributed by atoms with van der Waals surface area (Å²) < 4.78 is 0. The summed E-state index contributed by atoms with van der Waals surface area (Å²) in [6.07, 6.45) is 0. The van der Waals surface area contributed by atoms with Gasteiger partial charge in [-0.1, -0.05) is 164 Å². The maximum atomic E-state index is 3.80. The Morgan fingerprint density at radius 1 is 0.354 bits per heavy atom. The van der Waals surface area contributed by atoms with Gasteiger partial charge in [-0.25, -0.2) is 0 Å².